The van der Waals surface area contributed by atoms with E-state index in [4.69, 9.17) is 25.8 Å². The van der Waals surface area contributed by atoms with Crippen LogP contribution in [0.3, 0.4) is 0 Å². The van der Waals surface area contributed by atoms with Gasteiger partial charge in [-0.3, -0.25) is 14.4 Å². The number of methoxy groups -OCH3 is 3. The maximum Gasteiger partial charge on any atom is 0.272 e. The third-order valence-electron chi connectivity index (χ3n) is 6.17. The Bertz CT molecular complexity index is 1680. The van der Waals surface area contributed by atoms with Crippen LogP contribution in [0.25, 0.3) is 6.08 Å². The number of hydrogen-bond acceptors (Lipinski definition) is 7. The molecule has 0 fully saturated rings. The van der Waals surface area contributed by atoms with Crippen LogP contribution in [0.15, 0.2) is 102 Å². The van der Waals surface area contributed by atoms with Crippen LogP contribution in [0, 0.1) is 0 Å². The molecule has 0 aromatic heterocycles. The average Bonchev–Trinajstić information content (AvgIpc) is 3.04. The van der Waals surface area contributed by atoms with Crippen molar-refractivity contribution >= 4 is 58.5 Å². The standard InChI is InChI=1S/C33H30ClN3O6S/c1-41-25-14-12-22(30(19-25)43-3)16-28(37-32(39)21-8-5-4-6-9-21)33(40)36-23-10-7-11-26(17-23)44-20-31(38)35-24-13-15-29(42-2)27(34)18-24/h4-19H,20H2,1-3H3,(H,35,38)(H,36,40)(H,37,39)/b28-16+. The predicted molar refractivity (Wildman–Crippen MR) is 174 cm³/mol. The second-order valence-corrected chi connectivity index (χ2v) is 10.6. The van der Waals surface area contributed by atoms with Crippen molar-refractivity contribution in [1.29, 1.82) is 0 Å². The maximum atomic E-state index is 13.5. The number of nitrogens with one attached hydrogen (secondary N) is 3. The minimum absolute atomic E-state index is 0.00194. The van der Waals surface area contributed by atoms with Crippen molar-refractivity contribution in [3.05, 3.63) is 113 Å². The lowest BCUT2D eigenvalue weighted by molar-refractivity contribution is -0.114. The molecule has 3 N–H and O–H groups in total. The molecule has 0 spiro atoms. The van der Waals surface area contributed by atoms with Gasteiger partial charge >= 0.3 is 0 Å². The minimum Gasteiger partial charge on any atom is -0.497 e. The fraction of sp³-hybridized carbons (Fsp3) is 0.121. The monoisotopic (exact) mass is 631 g/mol. The molecular weight excluding hydrogens is 602 g/mol. The number of halogens is 1. The van der Waals surface area contributed by atoms with E-state index in [0.29, 0.717) is 44.8 Å². The van der Waals surface area contributed by atoms with Crippen molar-refractivity contribution in [1.82, 2.24) is 5.32 Å². The third kappa shape index (κ3) is 8.79. The highest BCUT2D eigenvalue weighted by molar-refractivity contribution is 8.00. The Kier molecular flexibility index (Phi) is 11.3. The SMILES string of the molecule is COc1ccc(/C=C(/NC(=O)c2ccccc2)C(=O)Nc2cccc(SCC(=O)Nc3ccc(OC)c(Cl)c3)c2)c(OC)c1. The highest BCUT2D eigenvalue weighted by atomic mass is 35.5. The number of anilines is 2. The van der Waals surface area contributed by atoms with Gasteiger partial charge in [0.25, 0.3) is 11.8 Å². The second-order valence-electron chi connectivity index (χ2n) is 9.15. The van der Waals surface area contributed by atoms with E-state index in [9.17, 15) is 14.4 Å². The van der Waals surface area contributed by atoms with E-state index in [-0.39, 0.29) is 17.4 Å². The van der Waals surface area contributed by atoms with Crippen molar-refractivity contribution in [3.63, 3.8) is 0 Å². The Morgan fingerprint density at radius 2 is 1.52 bits per heavy atom. The van der Waals surface area contributed by atoms with E-state index in [1.54, 1.807) is 92.0 Å². The van der Waals surface area contributed by atoms with E-state index >= 15 is 0 Å². The van der Waals surface area contributed by atoms with Crippen molar-refractivity contribution < 1.29 is 28.6 Å². The van der Waals surface area contributed by atoms with E-state index in [1.165, 1.54) is 32.1 Å². The van der Waals surface area contributed by atoms with Gasteiger partial charge in [0.1, 0.15) is 22.9 Å². The summed E-state index contributed by atoms with van der Waals surface area (Å²) in [6.07, 6.45) is 1.53. The fourth-order valence-electron chi connectivity index (χ4n) is 3.99. The lowest BCUT2D eigenvalue weighted by Gasteiger charge is -2.13. The second kappa shape index (κ2) is 15.5. The van der Waals surface area contributed by atoms with Crippen LogP contribution < -0.4 is 30.2 Å². The molecule has 0 saturated carbocycles. The molecule has 9 nitrogen and oxygen atoms in total. The first-order valence-corrected chi connectivity index (χ1v) is 14.6. The van der Waals surface area contributed by atoms with Crippen molar-refractivity contribution in [2.24, 2.45) is 0 Å². The largest absolute Gasteiger partial charge is 0.497 e. The van der Waals surface area contributed by atoms with Gasteiger partial charge < -0.3 is 30.2 Å². The van der Waals surface area contributed by atoms with Crippen molar-refractivity contribution in [2.45, 2.75) is 4.90 Å². The Labute approximate surface area is 264 Å². The third-order valence-corrected chi connectivity index (χ3v) is 7.46. The minimum atomic E-state index is -0.552. The quantitative estimate of drug-likeness (QED) is 0.121. The van der Waals surface area contributed by atoms with Gasteiger partial charge in [-0.2, -0.15) is 0 Å². The lowest BCUT2D eigenvalue weighted by Crippen LogP contribution is -2.30. The molecular formula is C33H30ClN3O6S. The summed E-state index contributed by atoms with van der Waals surface area (Å²) in [4.78, 5) is 39.8. The van der Waals surface area contributed by atoms with Gasteiger partial charge in [-0.05, 0) is 66.7 Å². The van der Waals surface area contributed by atoms with Crippen LogP contribution in [-0.2, 0) is 9.59 Å². The maximum absolute atomic E-state index is 13.5. The Hall–Kier alpha value is -4.93. The summed E-state index contributed by atoms with van der Waals surface area (Å²) in [5, 5.41) is 8.75. The number of amides is 3. The van der Waals surface area contributed by atoms with Gasteiger partial charge in [-0.15, -0.1) is 11.8 Å². The Balaban J connectivity index is 1.49. The van der Waals surface area contributed by atoms with Crippen LogP contribution in [0.1, 0.15) is 15.9 Å². The normalized spacial score (nSPS) is 10.9. The van der Waals surface area contributed by atoms with Gasteiger partial charge in [0.05, 0.1) is 32.1 Å². The number of hydrogen-bond donors (Lipinski definition) is 3. The summed E-state index contributed by atoms with van der Waals surface area (Å²) in [6, 6.07) is 25.7. The predicted octanol–water partition coefficient (Wildman–Crippen LogP) is 6.51. The Morgan fingerprint density at radius 3 is 2.23 bits per heavy atom. The number of carbonyl (C=O) groups excluding carboxylic acids is 3. The molecule has 44 heavy (non-hydrogen) atoms. The summed E-state index contributed by atoms with van der Waals surface area (Å²) >= 11 is 7.44. The molecule has 4 rings (SSSR count). The number of benzene rings is 4. The van der Waals surface area contributed by atoms with E-state index in [0.717, 1.165) is 4.90 Å². The first-order valence-electron chi connectivity index (χ1n) is 13.3. The molecule has 4 aromatic carbocycles. The fourth-order valence-corrected chi connectivity index (χ4v) is 5.00. The smallest absolute Gasteiger partial charge is 0.272 e. The zero-order chi connectivity index (χ0) is 31.5. The van der Waals surface area contributed by atoms with E-state index in [1.807, 2.05) is 6.07 Å². The van der Waals surface area contributed by atoms with Crippen molar-refractivity contribution in [3.8, 4) is 17.2 Å². The number of carbonyl (C=O) groups is 3. The van der Waals surface area contributed by atoms with Gasteiger partial charge in [-0.25, -0.2) is 0 Å². The molecule has 0 heterocycles. The molecule has 0 atom stereocenters. The summed E-state index contributed by atoms with van der Waals surface area (Å²) in [5.41, 5.74) is 1.97. The van der Waals surface area contributed by atoms with E-state index in [2.05, 4.69) is 16.0 Å². The lowest BCUT2D eigenvalue weighted by atomic mass is 10.1. The molecule has 0 aliphatic carbocycles. The van der Waals surface area contributed by atoms with Crippen LogP contribution >= 0.6 is 23.4 Å². The number of rotatable bonds is 12. The number of ether oxygens (including phenoxy) is 3. The molecule has 0 saturated heterocycles. The number of thioether (sulfide) groups is 1. The van der Waals surface area contributed by atoms with Gasteiger partial charge in [0.15, 0.2) is 0 Å². The summed E-state index contributed by atoms with van der Waals surface area (Å²) in [7, 11) is 4.56. The first-order chi connectivity index (χ1) is 21.3. The highest BCUT2D eigenvalue weighted by Gasteiger charge is 2.17. The molecule has 3 amide bonds. The Morgan fingerprint density at radius 1 is 0.773 bits per heavy atom. The van der Waals surface area contributed by atoms with Crippen LogP contribution in [0.2, 0.25) is 5.02 Å². The molecule has 226 valence electrons. The van der Waals surface area contributed by atoms with Gasteiger partial charge in [-0.1, -0.05) is 35.9 Å². The molecule has 0 aliphatic heterocycles. The molecule has 11 heteroatoms. The first kappa shape index (κ1) is 32.0. The molecule has 0 aliphatic rings. The van der Waals surface area contributed by atoms with Gasteiger partial charge in [0.2, 0.25) is 5.91 Å². The highest BCUT2D eigenvalue weighted by Crippen LogP contribution is 2.29. The van der Waals surface area contributed by atoms with Crippen molar-refractivity contribution in [2.75, 3.05) is 37.7 Å². The van der Waals surface area contributed by atoms with Crippen LogP contribution in [0.5, 0.6) is 17.2 Å². The summed E-state index contributed by atoms with van der Waals surface area (Å²) in [5.74, 6) is 0.436. The summed E-state index contributed by atoms with van der Waals surface area (Å²) in [6.45, 7) is 0. The molecule has 4 aromatic rings. The molecule has 0 bridgehead atoms. The molecule has 0 unspecified atom stereocenters. The molecule has 0 radical (unpaired) electrons. The topological polar surface area (TPSA) is 115 Å². The zero-order valence-corrected chi connectivity index (χ0v) is 25.8. The zero-order valence-electron chi connectivity index (χ0n) is 24.2. The van der Waals surface area contributed by atoms with Gasteiger partial charge in [0, 0.05) is 33.5 Å². The van der Waals surface area contributed by atoms with Crippen LogP contribution in [-0.4, -0.2) is 44.8 Å². The van der Waals surface area contributed by atoms with Crippen LogP contribution in [0.4, 0.5) is 11.4 Å². The van der Waals surface area contributed by atoms with E-state index < -0.39 is 11.8 Å². The average molecular weight is 632 g/mol. The summed E-state index contributed by atoms with van der Waals surface area (Å²) < 4.78 is 15.9.